The first kappa shape index (κ1) is 19.2. The minimum absolute atomic E-state index is 0.0261. The van der Waals surface area contributed by atoms with Crippen molar-refractivity contribution in [3.8, 4) is 0 Å². The molecule has 1 fully saturated rings. The fourth-order valence-electron chi connectivity index (χ4n) is 3.28. The highest BCUT2D eigenvalue weighted by Crippen LogP contribution is 2.32. The summed E-state index contributed by atoms with van der Waals surface area (Å²) in [5.41, 5.74) is 2.41. The van der Waals surface area contributed by atoms with Crippen LogP contribution in [0.2, 0.25) is 0 Å². The smallest absolute Gasteiger partial charge is 0.207 e. The molecule has 0 N–H and O–H groups in total. The first-order valence-electron chi connectivity index (χ1n) is 8.85. The van der Waals surface area contributed by atoms with E-state index < -0.39 is 10.0 Å². The summed E-state index contributed by atoms with van der Waals surface area (Å²) in [6, 6.07) is 7.44. The van der Waals surface area contributed by atoms with Gasteiger partial charge in [-0.3, -0.25) is 0 Å². The molecule has 2 unspecified atom stereocenters. The second-order valence-electron chi connectivity index (χ2n) is 7.99. The normalized spacial score (nSPS) is 22.6. The maximum absolute atomic E-state index is 13.1. The van der Waals surface area contributed by atoms with Crippen LogP contribution < -0.4 is 0 Å². The van der Waals surface area contributed by atoms with Gasteiger partial charge in [0.05, 0.1) is 4.90 Å². The van der Waals surface area contributed by atoms with Crippen molar-refractivity contribution in [1.29, 1.82) is 0 Å². The number of rotatable bonds is 5. The molecule has 1 aliphatic rings. The zero-order valence-corrected chi connectivity index (χ0v) is 16.7. The van der Waals surface area contributed by atoms with Gasteiger partial charge in [-0.25, -0.2) is 8.42 Å². The monoisotopic (exact) mass is 349 g/mol. The quantitative estimate of drug-likeness (QED) is 0.720. The number of sulfonamides is 1. The van der Waals surface area contributed by atoms with Crippen LogP contribution in [0.15, 0.2) is 40.8 Å². The Kier molecular flexibility index (Phi) is 5.61. The van der Waals surface area contributed by atoms with Crippen molar-refractivity contribution in [3.05, 3.63) is 41.5 Å². The lowest BCUT2D eigenvalue weighted by Gasteiger charge is -2.25. The topological polar surface area (TPSA) is 37.4 Å². The predicted molar refractivity (Wildman–Crippen MR) is 101 cm³/mol. The summed E-state index contributed by atoms with van der Waals surface area (Å²) in [5.74, 6) is 0.388. The molecule has 3 nitrogen and oxygen atoms in total. The second-order valence-corrected chi connectivity index (χ2v) is 9.88. The fraction of sp³-hybridized carbons (Fsp3) is 0.600. The van der Waals surface area contributed by atoms with Gasteiger partial charge >= 0.3 is 0 Å². The number of allylic oxidation sites excluding steroid dienone is 1. The lowest BCUT2D eigenvalue weighted by molar-refractivity contribution is 0.426. The Morgan fingerprint density at radius 2 is 1.83 bits per heavy atom. The summed E-state index contributed by atoms with van der Waals surface area (Å²) in [4.78, 5) is 0.402. The van der Waals surface area contributed by atoms with E-state index in [1.54, 1.807) is 16.4 Å². The van der Waals surface area contributed by atoms with Gasteiger partial charge in [0, 0.05) is 12.6 Å². The van der Waals surface area contributed by atoms with Gasteiger partial charge < -0.3 is 0 Å². The molecule has 1 aromatic rings. The summed E-state index contributed by atoms with van der Waals surface area (Å²) in [6.07, 6.45) is 3.99. The molecule has 0 aliphatic carbocycles. The number of benzene rings is 1. The first-order chi connectivity index (χ1) is 11.1. The minimum Gasteiger partial charge on any atom is -0.207 e. The molecule has 1 heterocycles. The van der Waals surface area contributed by atoms with E-state index in [1.165, 1.54) is 5.56 Å². The Bertz CT molecular complexity index is 698. The van der Waals surface area contributed by atoms with Crippen molar-refractivity contribution >= 4 is 10.0 Å². The van der Waals surface area contributed by atoms with Gasteiger partial charge in [-0.15, -0.1) is 0 Å². The third kappa shape index (κ3) is 3.92. The van der Waals surface area contributed by atoms with E-state index in [4.69, 9.17) is 0 Å². The molecule has 1 aromatic carbocycles. The van der Waals surface area contributed by atoms with Gasteiger partial charge in [-0.05, 0) is 55.7 Å². The van der Waals surface area contributed by atoms with Crippen LogP contribution in [0.4, 0.5) is 0 Å². The van der Waals surface area contributed by atoms with Crippen molar-refractivity contribution in [3.63, 3.8) is 0 Å². The molecule has 134 valence electrons. The molecule has 24 heavy (non-hydrogen) atoms. The van der Waals surface area contributed by atoms with Crippen LogP contribution in [0.1, 0.15) is 59.9 Å². The Morgan fingerprint density at radius 3 is 2.33 bits per heavy atom. The summed E-state index contributed by atoms with van der Waals surface area (Å²) >= 11 is 0. The summed E-state index contributed by atoms with van der Waals surface area (Å²) in [5, 5.41) is 0. The van der Waals surface area contributed by atoms with Crippen molar-refractivity contribution in [2.75, 3.05) is 6.54 Å². The average Bonchev–Trinajstić information content (AvgIpc) is 2.88. The Labute approximate surface area is 147 Å². The van der Waals surface area contributed by atoms with E-state index in [2.05, 4.69) is 33.8 Å². The average molecular weight is 350 g/mol. The van der Waals surface area contributed by atoms with Crippen LogP contribution in [0.3, 0.4) is 0 Å². The summed E-state index contributed by atoms with van der Waals surface area (Å²) in [6.45, 7) is 13.3. The third-order valence-corrected chi connectivity index (χ3v) is 7.06. The van der Waals surface area contributed by atoms with Gasteiger partial charge in [0.25, 0.3) is 0 Å². The molecule has 2 atom stereocenters. The molecule has 0 spiro atoms. The van der Waals surface area contributed by atoms with Gasteiger partial charge in [0.15, 0.2) is 0 Å². The molecule has 4 heteroatoms. The van der Waals surface area contributed by atoms with Crippen molar-refractivity contribution in [2.24, 2.45) is 5.92 Å². The largest absolute Gasteiger partial charge is 0.243 e. The molecule has 2 rings (SSSR count). The standard InChI is InChI=1S/C20H31NO2S/c1-7-20(5,6)17-8-10-19(11-9-17)24(22,23)21-14-16(4)13-18(21)12-15(2)3/h8-12,16,18H,7,13-14H2,1-6H3. The number of nitrogens with zero attached hydrogens (tertiary/aromatic N) is 1. The molecule has 1 aliphatic heterocycles. The first-order valence-corrected chi connectivity index (χ1v) is 10.3. The molecular weight excluding hydrogens is 318 g/mol. The van der Waals surface area contributed by atoms with Crippen LogP contribution >= 0.6 is 0 Å². The number of hydrogen-bond acceptors (Lipinski definition) is 2. The van der Waals surface area contributed by atoms with Crippen molar-refractivity contribution in [2.45, 2.75) is 70.7 Å². The highest BCUT2D eigenvalue weighted by atomic mass is 32.2. The molecule has 0 saturated carbocycles. The Hall–Kier alpha value is -1.13. The summed E-state index contributed by atoms with van der Waals surface area (Å²) in [7, 11) is -3.45. The molecular formula is C20H31NO2S. The van der Waals surface area contributed by atoms with E-state index >= 15 is 0 Å². The molecule has 0 amide bonds. The minimum atomic E-state index is -3.45. The zero-order chi connectivity index (χ0) is 18.1. The maximum atomic E-state index is 13.1. The van der Waals surface area contributed by atoms with Crippen LogP contribution in [-0.4, -0.2) is 25.3 Å². The highest BCUT2D eigenvalue weighted by molar-refractivity contribution is 7.89. The van der Waals surface area contributed by atoms with Crippen molar-refractivity contribution < 1.29 is 8.42 Å². The van der Waals surface area contributed by atoms with E-state index in [9.17, 15) is 8.42 Å². The van der Waals surface area contributed by atoms with Crippen LogP contribution in [-0.2, 0) is 15.4 Å². The van der Waals surface area contributed by atoms with Crippen LogP contribution in [0.25, 0.3) is 0 Å². The highest BCUT2D eigenvalue weighted by Gasteiger charge is 2.37. The van der Waals surface area contributed by atoms with E-state index in [0.29, 0.717) is 17.4 Å². The van der Waals surface area contributed by atoms with E-state index in [-0.39, 0.29) is 11.5 Å². The molecule has 0 aromatic heterocycles. The van der Waals surface area contributed by atoms with Gasteiger partial charge in [-0.2, -0.15) is 4.31 Å². The van der Waals surface area contributed by atoms with Crippen molar-refractivity contribution in [1.82, 2.24) is 4.31 Å². The lowest BCUT2D eigenvalue weighted by atomic mass is 9.82. The third-order valence-electron chi connectivity index (χ3n) is 5.16. The zero-order valence-electron chi connectivity index (χ0n) is 15.8. The Morgan fingerprint density at radius 1 is 1.25 bits per heavy atom. The molecule has 0 radical (unpaired) electrons. The fourth-order valence-corrected chi connectivity index (χ4v) is 4.98. The van der Waals surface area contributed by atoms with E-state index in [0.717, 1.165) is 18.4 Å². The van der Waals surface area contributed by atoms with E-state index in [1.807, 2.05) is 26.0 Å². The lowest BCUT2D eigenvalue weighted by Crippen LogP contribution is -2.34. The van der Waals surface area contributed by atoms with Gasteiger partial charge in [0.1, 0.15) is 0 Å². The Balaban J connectivity index is 2.34. The maximum Gasteiger partial charge on any atom is 0.243 e. The van der Waals surface area contributed by atoms with Crippen LogP contribution in [0, 0.1) is 5.92 Å². The molecule has 1 saturated heterocycles. The van der Waals surface area contributed by atoms with Gasteiger partial charge in [-0.1, -0.05) is 51.5 Å². The predicted octanol–water partition coefficient (Wildman–Crippen LogP) is 4.74. The van der Waals surface area contributed by atoms with Gasteiger partial charge in [0.2, 0.25) is 10.0 Å². The summed E-state index contributed by atoms with van der Waals surface area (Å²) < 4.78 is 27.9. The SMILES string of the molecule is CCC(C)(C)c1ccc(S(=O)(=O)N2CC(C)CC2C=C(C)C)cc1. The van der Waals surface area contributed by atoms with Crippen LogP contribution in [0.5, 0.6) is 0 Å². The number of hydrogen-bond donors (Lipinski definition) is 0. The second kappa shape index (κ2) is 7.01. The molecule has 0 bridgehead atoms.